The zero-order chi connectivity index (χ0) is 18.5. The van der Waals surface area contributed by atoms with Gasteiger partial charge in [0.05, 0.1) is 23.2 Å². The molecule has 7 nitrogen and oxygen atoms in total. The summed E-state index contributed by atoms with van der Waals surface area (Å²) in [6, 6.07) is 9.55. The van der Waals surface area contributed by atoms with Crippen LogP contribution in [0.25, 0.3) is 5.69 Å². The Morgan fingerprint density at radius 3 is 2.77 bits per heavy atom. The van der Waals surface area contributed by atoms with Crippen molar-refractivity contribution in [2.24, 2.45) is 0 Å². The Bertz CT molecular complexity index is 780. The first kappa shape index (κ1) is 18.1. The smallest absolute Gasteiger partial charge is 0.342 e. The molecule has 1 aromatic heterocycles. The summed E-state index contributed by atoms with van der Waals surface area (Å²) in [6.07, 6.45) is 2.01. The van der Waals surface area contributed by atoms with Crippen molar-refractivity contribution >= 4 is 11.9 Å². The second kappa shape index (κ2) is 8.14. The summed E-state index contributed by atoms with van der Waals surface area (Å²) < 4.78 is 12.3. The molecule has 138 valence electrons. The average Bonchev–Trinajstić information content (AvgIpc) is 3.26. The van der Waals surface area contributed by atoms with Crippen LogP contribution in [0.15, 0.2) is 30.3 Å². The molecule has 26 heavy (non-hydrogen) atoms. The minimum absolute atomic E-state index is 0.0586. The molecule has 2 aromatic rings. The van der Waals surface area contributed by atoms with Crippen molar-refractivity contribution in [3.05, 3.63) is 47.3 Å². The molecule has 3 rings (SSSR count). The van der Waals surface area contributed by atoms with Crippen LogP contribution in [0.2, 0.25) is 0 Å². The van der Waals surface area contributed by atoms with Gasteiger partial charge in [-0.2, -0.15) is 5.10 Å². The van der Waals surface area contributed by atoms with Crippen molar-refractivity contribution < 1.29 is 19.1 Å². The lowest BCUT2D eigenvalue weighted by Crippen LogP contribution is -2.34. The number of aryl methyl sites for hydroxylation is 1. The van der Waals surface area contributed by atoms with Gasteiger partial charge in [-0.05, 0) is 38.8 Å². The molecule has 1 fully saturated rings. The van der Waals surface area contributed by atoms with E-state index in [1.165, 1.54) is 0 Å². The zero-order valence-electron chi connectivity index (χ0n) is 15.0. The van der Waals surface area contributed by atoms with Gasteiger partial charge in [-0.25, -0.2) is 9.48 Å². The quantitative estimate of drug-likeness (QED) is 0.799. The van der Waals surface area contributed by atoms with Gasteiger partial charge in [0.1, 0.15) is 5.56 Å². The Morgan fingerprint density at radius 1 is 1.31 bits per heavy atom. The molecule has 0 bridgehead atoms. The maximum absolute atomic E-state index is 12.4. The minimum Gasteiger partial charge on any atom is -0.452 e. The van der Waals surface area contributed by atoms with Gasteiger partial charge in [0.2, 0.25) is 0 Å². The van der Waals surface area contributed by atoms with Crippen LogP contribution in [0.3, 0.4) is 0 Å². The van der Waals surface area contributed by atoms with Crippen LogP contribution in [0.4, 0.5) is 0 Å². The average molecular weight is 357 g/mol. The predicted molar refractivity (Wildman–Crippen MR) is 95.3 cm³/mol. The number of carbonyl (C=O) groups excluding carboxylic acids is 2. The predicted octanol–water partition coefficient (Wildman–Crippen LogP) is 1.94. The van der Waals surface area contributed by atoms with Crippen LogP contribution in [0.5, 0.6) is 0 Å². The van der Waals surface area contributed by atoms with Crippen LogP contribution in [0, 0.1) is 13.8 Å². The number of hydrogen-bond acceptors (Lipinski definition) is 5. The Kier molecular flexibility index (Phi) is 5.68. The summed E-state index contributed by atoms with van der Waals surface area (Å²) in [5.41, 5.74) is 2.50. The van der Waals surface area contributed by atoms with Crippen molar-refractivity contribution in [3.8, 4) is 5.69 Å². The maximum atomic E-state index is 12.4. The largest absolute Gasteiger partial charge is 0.452 e. The second-order valence-corrected chi connectivity index (χ2v) is 6.31. The molecular weight excluding hydrogens is 334 g/mol. The molecule has 1 atom stereocenters. The highest BCUT2D eigenvalue weighted by Crippen LogP contribution is 2.18. The molecule has 0 saturated carbocycles. The number of nitrogens with zero attached hydrogens (tertiary/aromatic N) is 2. The first-order valence-electron chi connectivity index (χ1n) is 8.73. The van der Waals surface area contributed by atoms with E-state index in [9.17, 15) is 9.59 Å². The number of rotatable bonds is 6. The number of amides is 1. The molecule has 1 aromatic carbocycles. The van der Waals surface area contributed by atoms with E-state index in [0.717, 1.165) is 25.1 Å². The van der Waals surface area contributed by atoms with Crippen LogP contribution >= 0.6 is 0 Å². The molecule has 0 unspecified atom stereocenters. The molecule has 2 heterocycles. The van der Waals surface area contributed by atoms with Gasteiger partial charge >= 0.3 is 5.97 Å². The lowest BCUT2D eigenvalue weighted by Gasteiger charge is -2.11. The number of carbonyl (C=O) groups is 2. The zero-order valence-corrected chi connectivity index (χ0v) is 15.0. The standard InChI is InChI=1S/C19H23N3O4/c1-13-18(14(2)22(21-13)15-7-4-3-5-8-15)19(24)26-12-17(23)20-11-16-9-6-10-25-16/h3-5,7-8,16H,6,9-12H2,1-2H3,(H,20,23)/t16-/m1/s1. The third kappa shape index (κ3) is 4.11. The maximum Gasteiger partial charge on any atom is 0.342 e. The lowest BCUT2D eigenvalue weighted by molar-refractivity contribution is -0.124. The summed E-state index contributed by atoms with van der Waals surface area (Å²) >= 11 is 0. The van der Waals surface area contributed by atoms with Gasteiger partial charge in [-0.3, -0.25) is 4.79 Å². The molecule has 0 aliphatic carbocycles. The topological polar surface area (TPSA) is 82.5 Å². The highest BCUT2D eigenvalue weighted by molar-refractivity contribution is 5.93. The molecule has 1 amide bonds. The number of esters is 1. The van der Waals surface area contributed by atoms with Crippen LogP contribution in [0.1, 0.15) is 34.6 Å². The number of hydrogen-bond donors (Lipinski definition) is 1. The van der Waals surface area contributed by atoms with E-state index in [-0.39, 0.29) is 18.6 Å². The number of ether oxygens (including phenoxy) is 2. The lowest BCUT2D eigenvalue weighted by atomic mass is 10.2. The Balaban J connectivity index is 1.59. The van der Waals surface area contributed by atoms with E-state index in [2.05, 4.69) is 10.4 Å². The summed E-state index contributed by atoms with van der Waals surface area (Å²) in [7, 11) is 0. The van der Waals surface area contributed by atoms with E-state index in [4.69, 9.17) is 9.47 Å². The Morgan fingerprint density at radius 2 is 2.08 bits per heavy atom. The molecule has 7 heteroatoms. The van der Waals surface area contributed by atoms with E-state index < -0.39 is 5.97 Å². The van der Waals surface area contributed by atoms with Gasteiger partial charge in [0, 0.05) is 13.2 Å². The molecular formula is C19H23N3O4. The number of para-hydroxylation sites is 1. The summed E-state index contributed by atoms with van der Waals surface area (Å²) in [5, 5.41) is 7.15. The third-order valence-electron chi connectivity index (χ3n) is 4.38. The summed E-state index contributed by atoms with van der Waals surface area (Å²) in [4.78, 5) is 24.3. The van der Waals surface area contributed by atoms with Gasteiger partial charge < -0.3 is 14.8 Å². The van der Waals surface area contributed by atoms with Gasteiger partial charge in [-0.15, -0.1) is 0 Å². The van der Waals surface area contributed by atoms with Crippen molar-refractivity contribution in [2.75, 3.05) is 19.8 Å². The number of nitrogens with one attached hydrogen (secondary N) is 1. The van der Waals surface area contributed by atoms with E-state index in [1.54, 1.807) is 18.5 Å². The first-order valence-corrected chi connectivity index (χ1v) is 8.73. The van der Waals surface area contributed by atoms with E-state index >= 15 is 0 Å². The Labute approximate surface area is 152 Å². The third-order valence-corrected chi connectivity index (χ3v) is 4.38. The second-order valence-electron chi connectivity index (χ2n) is 6.31. The van der Waals surface area contributed by atoms with E-state index in [1.807, 2.05) is 30.3 Å². The van der Waals surface area contributed by atoms with Crippen molar-refractivity contribution in [1.29, 1.82) is 0 Å². The molecule has 1 saturated heterocycles. The molecule has 0 spiro atoms. The normalized spacial score (nSPS) is 16.5. The number of aromatic nitrogens is 2. The molecule has 1 N–H and O–H groups in total. The molecule has 1 aliphatic heterocycles. The molecule has 0 radical (unpaired) electrons. The van der Waals surface area contributed by atoms with Gasteiger partial charge in [0.15, 0.2) is 6.61 Å². The molecule has 1 aliphatic rings. The van der Waals surface area contributed by atoms with Gasteiger partial charge in [0.25, 0.3) is 5.91 Å². The highest BCUT2D eigenvalue weighted by atomic mass is 16.5. The SMILES string of the molecule is Cc1nn(-c2ccccc2)c(C)c1C(=O)OCC(=O)NC[C@H]1CCCO1. The first-order chi connectivity index (χ1) is 12.6. The van der Waals surface area contributed by atoms with Gasteiger partial charge in [-0.1, -0.05) is 18.2 Å². The summed E-state index contributed by atoms with van der Waals surface area (Å²) in [5.74, 6) is -0.881. The minimum atomic E-state index is -0.547. The number of benzene rings is 1. The Hall–Kier alpha value is -2.67. The van der Waals surface area contributed by atoms with Crippen LogP contribution in [-0.2, 0) is 14.3 Å². The fourth-order valence-electron chi connectivity index (χ4n) is 3.05. The van der Waals surface area contributed by atoms with Crippen molar-refractivity contribution in [1.82, 2.24) is 15.1 Å². The fraction of sp³-hybridized carbons (Fsp3) is 0.421. The van der Waals surface area contributed by atoms with E-state index in [0.29, 0.717) is 23.5 Å². The highest BCUT2D eigenvalue weighted by Gasteiger charge is 2.22. The monoisotopic (exact) mass is 357 g/mol. The van der Waals surface area contributed by atoms with Crippen LogP contribution < -0.4 is 5.32 Å². The van der Waals surface area contributed by atoms with Crippen LogP contribution in [-0.4, -0.2) is 47.5 Å². The van der Waals surface area contributed by atoms with Crippen molar-refractivity contribution in [2.45, 2.75) is 32.8 Å². The fourth-order valence-corrected chi connectivity index (χ4v) is 3.05. The summed E-state index contributed by atoms with van der Waals surface area (Å²) in [6.45, 7) is 4.42. The van der Waals surface area contributed by atoms with Crippen molar-refractivity contribution in [3.63, 3.8) is 0 Å².